The van der Waals surface area contributed by atoms with Crippen LogP contribution in [-0.4, -0.2) is 22.2 Å². The average Bonchev–Trinajstić information content (AvgIpc) is 2.76. The summed E-state index contributed by atoms with van der Waals surface area (Å²) >= 11 is 1.54. The van der Waals surface area contributed by atoms with Crippen molar-refractivity contribution in [3.8, 4) is 5.88 Å². The standard InChI is InChI=1S/C12H14N2O2S/c1-8-4-5-9(17-8)12(2,15)10-11(16-3)14-7-6-13-10/h4-7,15H,1-3H3. The van der Waals surface area contributed by atoms with Gasteiger partial charge in [-0.1, -0.05) is 0 Å². The molecule has 0 aliphatic heterocycles. The van der Waals surface area contributed by atoms with Gasteiger partial charge in [0, 0.05) is 22.1 Å². The third kappa shape index (κ3) is 2.16. The van der Waals surface area contributed by atoms with Crippen molar-refractivity contribution in [2.75, 3.05) is 7.11 Å². The van der Waals surface area contributed by atoms with E-state index in [0.717, 1.165) is 9.75 Å². The molecule has 0 amide bonds. The quantitative estimate of drug-likeness (QED) is 0.906. The Morgan fingerprint density at radius 1 is 1.29 bits per heavy atom. The monoisotopic (exact) mass is 250 g/mol. The second kappa shape index (κ2) is 4.43. The molecule has 0 aliphatic carbocycles. The molecule has 2 aromatic heterocycles. The lowest BCUT2D eigenvalue weighted by Gasteiger charge is -2.22. The van der Waals surface area contributed by atoms with E-state index in [1.165, 1.54) is 24.6 Å². The Morgan fingerprint density at radius 3 is 2.59 bits per heavy atom. The molecule has 90 valence electrons. The van der Waals surface area contributed by atoms with Crippen molar-refractivity contribution in [1.82, 2.24) is 9.97 Å². The minimum absolute atomic E-state index is 0.351. The molecule has 1 unspecified atom stereocenters. The summed E-state index contributed by atoms with van der Waals surface area (Å²) < 4.78 is 5.13. The van der Waals surface area contributed by atoms with Crippen LogP contribution in [0.3, 0.4) is 0 Å². The van der Waals surface area contributed by atoms with Gasteiger partial charge in [0.05, 0.1) is 7.11 Å². The van der Waals surface area contributed by atoms with Crippen molar-refractivity contribution in [3.63, 3.8) is 0 Å². The third-order valence-electron chi connectivity index (χ3n) is 2.54. The molecular weight excluding hydrogens is 236 g/mol. The smallest absolute Gasteiger partial charge is 0.238 e. The molecule has 17 heavy (non-hydrogen) atoms. The molecule has 2 heterocycles. The van der Waals surface area contributed by atoms with Gasteiger partial charge in [-0.2, -0.15) is 0 Å². The molecule has 0 saturated carbocycles. The van der Waals surface area contributed by atoms with E-state index < -0.39 is 5.60 Å². The number of nitrogens with zero attached hydrogens (tertiary/aromatic N) is 2. The van der Waals surface area contributed by atoms with Gasteiger partial charge in [-0.3, -0.25) is 4.98 Å². The Kier molecular flexibility index (Phi) is 3.13. The summed E-state index contributed by atoms with van der Waals surface area (Å²) in [6.45, 7) is 3.70. The summed E-state index contributed by atoms with van der Waals surface area (Å²) in [4.78, 5) is 10.2. The second-order valence-corrected chi connectivity index (χ2v) is 5.18. The van der Waals surface area contributed by atoms with Crippen molar-refractivity contribution in [2.24, 2.45) is 0 Å². The van der Waals surface area contributed by atoms with Crippen LogP contribution in [0.2, 0.25) is 0 Å². The Hall–Kier alpha value is -1.46. The second-order valence-electron chi connectivity index (χ2n) is 3.90. The zero-order chi connectivity index (χ0) is 12.5. The molecule has 0 aromatic carbocycles. The lowest BCUT2D eigenvalue weighted by atomic mass is 10.0. The van der Waals surface area contributed by atoms with Crippen molar-refractivity contribution in [2.45, 2.75) is 19.4 Å². The lowest BCUT2D eigenvalue weighted by molar-refractivity contribution is 0.0968. The van der Waals surface area contributed by atoms with Crippen LogP contribution in [0.15, 0.2) is 24.5 Å². The van der Waals surface area contributed by atoms with Crippen LogP contribution < -0.4 is 4.74 Å². The Bertz CT molecular complexity index is 523. The molecule has 0 fully saturated rings. The molecule has 0 saturated heterocycles. The van der Waals surface area contributed by atoms with Gasteiger partial charge in [0.15, 0.2) is 0 Å². The van der Waals surface area contributed by atoms with E-state index in [1.807, 2.05) is 19.1 Å². The van der Waals surface area contributed by atoms with E-state index in [1.54, 1.807) is 13.1 Å². The minimum atomic E-state index is -1.18. The molecule has 4 nitrogen and oxygen atoms in total. The first-order chi connectivity index (χ1) is 8.05. The SMILES string of the molecule is COc1nccnc1C(C)(O)c1ccc(C)s1. The van der Waals surface area contributed by atoms with Crippen LogP contribution >= 0.6 is 11.3 Å². The van der Waals surface area contributed by atoms with Gasteiger partial charge < -0.3 is 9.84 Å². The van der Waals surface area contributed by atoms with E-state index in [0.29, 0.717) is 11.6 Å². The van der Waals surface area contributed by atoms with Crippen LogP contribution in [0, 0.1) is 6.92 Å². The number of hydrogen-bond donors (Lipinski definition) is 1. The lowest BCUT2D eigenvalue weighted by Crippen LogP contribution is -2.24. The molecular formula is C12H14N2O2S. The Labute approximate surface area is 104 Å². The first-order valence-corrected chi connectivity index (χ1v) is 6.02. The number of thiophene rings is 1. The number of aliphatic hydroxyl groups is 1. The number of hydrogen-bond acceptors (Lipinski definition) is 5. The summed E-state index contributed by atoms with van der Waals surface area (Å²) in [6, 6.07) is 3.87. The summed E-state index contributed by atoms with van der Waals surface area (Å²) in [5.41, 5.74) is -0.747. The highest BCUT2D eigenvalue weighted by molar-refractivity contribution is 7.12. The van der Waals surface area contributed by atoms with Crippen LogP contribution in [-0.2, 0) is 5.60 Å². The predicted octanol–water partition coefficient (Wildman–Crippen LogP) is 2.11. The van der Waals surface area contributed by atoms with Crippen LogP contribution in [0.25, 0.3) is 0 Å². The first kappa shape index (κ1) is 12.0. The van der Waals surface area contributed by atoms with E-state index in [2.05, 4.69) is 9.97 Å². The predicted molar refractivity (Wildman–Crippen MR) is 66.3 cm³/mol. The fourth-order valence-corrected chi connectivity index (χ4v) is 2.54. The summed E-state index contributed by atoms with van der Waals surface area (Å²) in [5, 5.41) is 10.6. The fraction of sp³-hybridized carbons (Fsp3) is 0.333. The molecule has 0 aliphatic rings. The fourth-order valence-electron chi connectivity index (χ4n) is 1.62. The number of aromatic nitrogens is 2. The average molecular weight is 250 g/mol. The van der Waals surface area contributed by atoms with Gasteiger partial charge in [-0.15, -0.1) is 11.3 Å². The summed E-state index contributed by atoms with van der Waals surface area (Å²) in [5.74, 6) is 0.351. The molecule has 1 N–H and O–H groups in total. The van der Waals surface area contributed by atoms with Crippen molar-refractivity contribution < 1.29 is 9.84 Å². The number of ether oxygens (including phenoxy) is 1. The highest BCUT2D eigenvalue weighted by Gasteiger charge is 2.32. The largest absolute Gasteiger partial charge is 0.480 e. The zero-order valence-corrected chi connectivity index (χ0v) is 10.8. The van der Waals surface area contributed by atoms with Crippen LogP contribution in [0.4, 0.5) is 0 Å². The Morgan fingerprint density at radius 2 is 2.00 bits per heavy atom. The van der Waals surface area contributed by atoms with E-state index >= 15 is 0 Å². The van der Waals surface area contributed by atoms with Crippen LogP contribution in [0.1, 0.15) is 22.4 Å². The number of aryl methyl sites for hydroxylation is 1. The molecule has 0 bridgehead atoms. The van der Waals surface area contributed by atoms with E-state index in [-0.39, 0.29) is 0 Å². The number of rotatable bonds is 3. The topological polar surface area (TPSA) is 55.2 Å². The van der Waals surface area contributed by atoms with Crippen molar-refractivity contribution in [3.05, 3.63) is 40.0 Å². The van der Waals surface area contributed by atoms with E-state index in [4.69, 9.17) is 4.74 Å². The highest BCUT2D eigenvalue weighted by Crippen LogP contribution is 2.35. The zero-order valence-electron chi connectivity index (χ0n) is 9.97. The molecule has 0 radical (unpaired) electrons. The highest BCUT2D eigenvalue weighted by atomic mass is 32.1. The minimum Gasteiger partial charge on any atom is -0.480 e. The van der Waals surface area contributed by atoms with Crippen molar-refractivity contribution >= 4 is 11.3 Å². The van der Waals surface area contributed by atoms with Gasteiger partial charge in [-0.25, -0.2) is 4.98 Å². The maximum atomic E-state index is 10.6. The number of methoxy groups -OCH3 is 1. The maximum Gasteiger partial charge on any atom is 0.238 e. The first-order valence-electron chi connectivity index (χ1n) is 5.20. The van der Waals surface area contributed by atoms with Gasteiger partial charge in [-0.05, 0) is 26.0 Å². The molecule has 1 atom stereocenters. The molecule has 5 heteroatoms. The van der Waals surface area contributed by atoms with Crippen molar-refractivity contribution in [1.29, 1.82) is 0 Å². The van der Waals surface area contributed by atoms with Gasteiger partial charge in [0.25, 0.3) is 0 Å². The molecule has 2 aromatic rings. The molecule has 2 rings (SSSR count). The summed E-state index contributed by atoms with van der Waals surface area (Å²) in [6.07, 6.45) is 3.09. The summed E-state index contributed by atoms with van der Waals surface area (Å²) in [7, 11) is 1.52. The van der Waals surface area contributed by atoms with Gasteiger partial charge >= 0.3 is 0 Å². The normalized spacial score (nSPS) is 14.4. The van der Waals surface area contributed by atoms with Crippen LogP contribution in [0.5, 0.6) is 5.88 Å². The Balaban J connectivity index is 2.50. The van der Waals surface area contributed by atoms with Gasteiger partial charge in [0.2, 0.25) is 5.88 Å². The third-order valence-corrected chi connectivity index (χ3v) is 3.75. The molecule has 0 spiro atoms. The van der Waals surface area contributed by atoms with Gasteiger partial charge in [0.1, 0.15) is 11.3 Å². The maximum absolute atomic E-state index is 10.6. The van der Waals surface area contributed by atoms with E-state index in [9.17, 15) is 5.11 Å².